The van der Waals surface area contributed by atoms with Crippen molar-refractivity contribution in [3.8, 4) is 28.7 Å². The lowest BCUT2D eigenvalue weighted by Crippen LogP contribution is -2.48. The van der Waals surface area contributed by atoms with Crippen LogP contribution in [-0.4, -0.2) is 237 Å². The van der Waals surface area contributed by atoms with Crippen LogP contribution in [0, 0.1) is 5.92 Å². The summed E-state index contributed by atoms with van der Waals surface area (Å²) in [7, 11) is 0.526. The lowest BCUT2D eigenvalue weighted by molar-refractivity contribution is -0.129. The Hall–Kier alpha value is -12.6. The van der Waals surface area contributed by atoms with Gasteiger partial charge in [0, 0.05) is 179 Å². The number of alkyl halides is 2. The molecule has 0 radical (unpaired) electrons. The predicted molar refractivity (Wildman–Crippen MR) is 510 cm³/mol. The van der Waals surface area contributed by atoms with Crippen molar-refractivity contribution in [3.63, 3.8) is 0 Å². The zero-order valence-electron chi connectivity index (χ0n) is 75.3. The van der Waals surface area contributed by atoms with Gasteiger partial charge in [-0.3, -0.25) is 29.8 Å². The van der Waals surface area contributed by atoms with Gasteiger partial charge < -0.3 is 67.7 Å². The Balaban J connectivity index is 0.0000000976. The third-order valence-corrected chi connectivity index (χ3v) is 29.3. The molecule has 12 aliphatic heterocycles. The van der Waals surface area contributed by atoms with Crippen LogP contribution in [0.3, 0.4) is 0 Å². The molecule has 11 fully saturated rings. The molecule has 1 N–H and O–H groups in total. The fraction of sp³-hybridized carbons (Fsp3) is 0.413. The highest BCUT2D eigenvalue weighted by Gasteiger charge is 2.44. The number of hydrogen-bond acceptors (Lipinski definition) is 26. The third kappa shape index (κ3) is 19.6. The van der Waals surface area contributed by atoms with Crippen LogP contribution in [0.1, 0.15) is 161 Å². The number of piperazine rings is 1. The number of halogens is 2. The number of amides is 1. The van der Waals surface area contributed by atoms with Gasteiger partial charge in [0.2, 0.25) is 5.91 Å². The van der Waals surface area contributed by atoms with Crippen LogP contribution in [0.2, 0.25) is 0 Å². The molecule has 2 bridgehead atoms. The first-order valence-electron chi connectivity index (χ1n) is 47.3. The summed E-state index contributed by atoms with van der Waals surface area (Å²) >= 11 is 0. The molecule has 26 rings (SSSR count). The summed E-state index contributed by atoms with van der Waals surface area (Å²) in [5.74, 6) is 7.18. The van der Waals surface area contributed by atoms with Crippen LogP contribution in [0.25, 0.3) is 0 Å². The van der Waals surface area contributed by atoms with Crippen molar-refractivity contribution in [2.24, 2.45) is 30.9 Å². The van der Waals surface area contributed by atoms with Gasteiger partial charge in [-0.15, -0.1) is 0 Å². The SMILES string of the molecule is CN1CCN(c2cc(C3=NCc4ccc(OC5COC5)cc43)ccn2)CC1=O.CO[C@H]1CN(c2cc(C3=NCc4ccc(OC5CC5)cc43)ccn2)C[C@@H]1O.FC1(F)CCN(c2cc(C3=NCc4ccc(OC5CC5)cc43)ccn2)CC1.O=S1(=O)CC2CC(C1)N(c1cc(C3=NCc4ccc(OC5CC5)cc43)ccn1)C2.c1cc(C2=NCc3ccc(OC4CC4)cc32)cc(N2CCC2)n1. The minimum Gasteiger partial charge on any atom is -0.490 e. The van der Waals surface area contributed by atoms with Crippen molar-refractivity contribution in [2.45, 2.75) is 164 Å². The lowest BCUT2D eigenvalue weighted by Gasteiger charge is -2.32. The Bertz CT molecular complexity index is 6440. The number of carbonyl (C=O) groups is 1. The van der Waals surface area contributed by atoms with Gasteiger partial charge in [0.25, 0.3) is 5.92 Å². The van der Waals surface area contributed by atoms with Crippen molar-refractivity contribution in [1.29, 1.82) is 0 Å². The minimum absolute atomic E-state index is 0.0397. The molecule has 0 spiro atoms. The largest absolute Gasteiger partial charge is 0.490 e. The number of aliphatic hydroxyl groups excluding tert-OH is 1. The third-order valence-electron chi connectivity index (χ3n) is 27.4. The van der Waals surface area contributed by atoms with E-state index in [0.29, 0.717) is 109 Å². The summed E-state index contributed by atoms with van der Waals surface area (Å²) in [6.07, 6.45) is 21.2. The molecule has 30 heteroatoms. The topological polar surface area (TPSA) is 282 Å². The molecule has 7 saturated heterocycles. The number of aliphatic hydroxyl groups is 1. The molecule has 4 saturated carbocycles. The van der Waals surface area contributed by atoms with E-state index in [9.17, 15) is 27.1 Å². The van der Waals surface area contributed by atoms with Crippen molar-refractivity contribution >= 4 is 73.4 Å². The van der Waals surface area contributed by atoms with Gasteiger partial charge in [0.15, 0.2) is 9.84 Å². The summed E-state index contributed by atoms with van der Waals surface area (Å²) in [5.41, 5.74) is 21.9. The number of rotatable bonds is 21. The zero-order valence-corrected chi connectivity index (χ0v) is 76.1. The molecule has 134 heavy (non-hydrogen) atoms. The van der Waals surface area contributed by atoms with Crippen molar-refractivity contribution < 1.29 is 60.3 Å². The van der Waals surface area contributed by atoms with Crippen LogP contribution in [0.4, 0.5) is 37.9 Å². The number of pyridine rings is 5. The molecular formula is C104H108F2N16O11S. The van der Waals surface area contributed by atoms with Gasteiger partial charge in [-0.2, -0.15) is 0 Å². The Morgan fingerprint density at radius 2 is 0.769 bits per heavy atom. The number of aliphatic imine (C=N–C) groups is 5. The summed E-state index contributed by atoms with van der Waals surface area (Å²) < 4.78 is 91.4. The van der Waals surface area contributed by atoms with E-state index in [1.807, 2.05) is 102 Å². The maximum absolute atomic E-state index is 13.4. The van der Waals surface area contributed by atoms with Gasteiger partial charge in [0.1, 0.15) is 70.0 Å². The minimum atomic E-state index is -2.94. The second-order valence-electron chi connectivity index (χ2n) is 37.6. The van der Waals surface area contributed by atoms with Crippen molar-refractivity contribution in [1.82, 2.24) is 29.8 Å². The van der Waals surface area contributed by atoms with Crippen molar-refractivity contribution in [2.75, 3.05) is 129 Å². The predicted octanol–water partition coefficient (Wildman–Crippen LogP) is 13.6. The summed E-state index contributed by atoms with van der Waals surface area (Å²) in [5, 5.41) is 10.1. The number of carbonyl (C=O) groups excluding carboxylic acids is 1. The summed E-state index contributed by atoms with van der Waals surface area (Å²) in [6.45, 7) is 11.4. The first-order valence-corrected chi connectivity index (χ1v) is 49.1. The molecule has 16 aliphatic rings. The Labute approximate surface area is 778 Å². The number of sulfone groups is 1. The second-order valence-corrected chi connectivity index (χ2v) is 39.8. The molecule has 690 valence electrons. The number of aromatic nitrogens is 5. The van der Waals surface area contributed by atoms with E-state index in [0.717, 1.165) is 214 Å². The van der Waals surface area contributed by atoms with E-state index in [-0.39, 0.29) is 48.7 Å². The van der Waals surface area contributed by atoms with Gasteiger partial charge in [-0.1, -0.05) is 30.3 Å². The molecule has 27 nitrogen and oxygen atoms in total. The lowest BCUT2D eigenvalue weighted by atomic mass is 10.00. The highest BCUT2D eigenvalue weighted by atomic mass is 32.2. The van der Waals surface area contributed by atoms with Crippen LogP contribution in [0.5, 0.6) is 28.7 Å². The molecule has 10 aromatic rings. The zero-order chi connectivity index (χ0) is 90.7. The van der Waals surface area contributed by atoms with E-state index in [4.69, 9.17) is 58.1 Å². The number of piperidine rings is 1. The molecule has 4 atom stereocenters. The van der Waals surface area contributed by atoms with E-state index < -0.39 is 21.9 Å². The van der Waals surface area contributed by atoms with Gasteiger partial charge in [-0.05, 0) is 219 Å². The molecule has 4 aliphatic carbocycles. The molecule has 2 unspecified atom stereocenters. The van der Waals surface area contributed by atoms with Gasteiger partial charge >= 0.3 is 0 Å². The quantitative estimate of drug-likeness (QED) is 0.0699. The molecule has 1 amide bonds. The number of fused-ring (bicyclic) bond motifs is 7. The molecular weight excluding hydrogens is 1720 g/mol. The summed E-state index contributed by atoms with van der Waals surface area (Å²) in [4.78, 5) is 70.6. The highest BCUT2D eigenvalue weighted by Crippen LogP contribution is 2.42. The van der Waals surface area contributed by atoms with E-state index in [2.05, 4.69) is 125 Å². The van der Waals surface area contributed by atoms with Crippen LogP contribution in [0.15, 0.2) is 208 Å². The van der Waals surface area contributed by atoms with Crippen LogP contribution < -0.4 is 48.2 Å². The number of likely N-dealkylation sites (N-methyl/N-ethyl adjacent to an activating group) is 1. The highest BCUT2D eigenvalue weighted by molar-refractivity contribution is 7.91. The Kier molecular flexibility index (Phi) is 23.9. The average molecular weight is 1830 g/mol. The number of benzene rings is 5. The average Bonchev–Trinajstić information content (AvgIpc) is 1.62. The Morgan fingerprint density at radius 1 is 0.410 bits per heavy atom. The van der Waals surface area contributed by atoms with Crippen LogP contribution in [-0.2, 0) is 56.8 Å². The molecule has 17 heterocycles. The smallest absolute Gasteiger partial charge is 0.251 e. The van der Waals surface area contributed by atoms with E-state index in [1.165, 1.54) is 52.6 Å². The molecule has 5 aromatic carbocycles. The van der Waals surface area contributed by atoms with Gasteiger partial charge in [-0.25, -0.2) is 42.1 Å². The van der Waals surface area contributed by atoms with Crippen LogP contribution >= 0.6 is 0 Å². The fourth-order valence-electron chi connectivity index (χ4n) is 19.1. The number of anilines is 5. The normalized spacial score (nSPS) is 22.2. The van der Waals surface area contributed by atoms with E-state index in [1.54, 1.807) is 24.4 Å². The standard InChI is InChI=1S/C22H23N3O3S.C21H21F2N3O.C21H22N4O3.C21H23N3O3.C19H19N3O/c26-29(27)12-14-7-17(13-29)25(11-14)21-8-15(5-6-23-21)22-20-9-19(28-18-3-4-18)2-1-16(20)10-24-22;22-21(23)6-9-26(10-7-21)19-11-14(5-8-24-19)20-18-12-17(27-16-3-4-16)2-1-15(18)13-25-20;1-24-6-7-25(11-20(24)26)19-8-14(4-5-22-19)21-18-9-16(28-17-12-27-13-17)3-2-15(18)10-23-21;1-26-19-12-24(11-18(19)25)20-8-13(6-7-22-20)21-17-9-16(27-15-4-5-15)3-2-14(17)10-23-21;1-8-22(9-1)18-10-13(6-7-20-18)19-17-11-16(23-15-4-5-15)3-2-14(17)12-21-19/h1-2,5-6,8-9,14,17-18H,3-4,7,10-13H2;1-2,5,8,11-12,16H,3-4,6-7,9-10,13H2;2-5,8-9,17H,6-7,10-13H2,1H3;2-3,6-9,15,18-19,25H,4-5,10-12H2,1H3;2-3,6-7,10-11,15H,1,4-5,8-9,12H2/t;;;18-,19-;/m...0./s1. The summed E-state index contributed by atoms with van der Waals surface area (Å²) in [6, 6.07) is 51.5. The Morgan fingerprint density at radius 3 is 1.11 bits per heavy atom. The first-order chi connectivity index (χ1) is 65.4. The molecule has 5 aromatic heterocycles. The fourth-order valence-corrected chi connectivity index (χ4v) is 21.1. The number of hydrogen-bond donors (Lipinski definition) is 1. The second kappa shape index (κ2) is 37.0. The number of nitrogens with zero attached hydrogens (tertiary/aromatic N) is 16. The van der Waals surface area contributed by atoms with E-state index >= 15 is 0 Å². The first kappa shape index (κ1) is 86.7. The van der Waals surface area contributed by atoms with Crippen molar-refractivity contribution in [3.05, 3.63) is 266 Å². The monoisotopic (exact) mass is 1830 g/mol. The maximum Gasteiger partial charge on any atom is 0.251 e. The number of β-amino-alcohol motifs (C(OH)–C–C–N with tert-alkyl or cyclic N) is 1. The number of methoxy groups -OCH3 is 1. The maximum atomic E-state index is 13.4. The van der Waals surface area contributed by atoms with Gasteiger partial charge in [0.05, 0.1) is 123 Å². The number of ether oxygens (including phenoxy) is 7.